The lowest BCUT2D eigenvalue weighted by atomic mass is 9.81. The molecule has 2 rings (SSSR count). The maximum atomic E-state index is 11.9. The smallest absolute Gasteiger partial charge is 0.278 e. The van der Waals surface area contributed by atoms with Crippen LogP contribution in [0.15, 0.2) is 14.5 Å². The van der Waals surface area contributed by atoms with Crippen LogP contribution in [0.25, 0.3) is 0 Å². The van der Waals surface area contributed by atoms with E-state index in [0.717, 1.165) is 17.5 Å². The number of hydrogen-bond acceptors (Lipinski definition) is 3. The maximum Gasteiger partial charge on any atom is 0.278 e. The summed E-state index contributed by atoms with van der Waals surface area (Å²) in [5.74, 6) is -0.389. The van der Waals surface area contributed by atoms with Crippen molar-refractivity contribution >= 4 is 39.2 Å². The monoisotopic (exact) mass is 410 g/mol. The van der Waals surface area contributed by atoms with E-state index in [2.05, 4.69) is 39.8 Å². The van der Waals surface area contributed by atoms with Gasteiger partial charge in [0.1, 0.15) is 0 Å². The summed E-state index contributed by atoms with van der Waals surface area (Å²) < 4.78 is 0.690. The van der Waals surface area contributed by atoms with Crippen LogP contribution in [-0.2, 0) is 10.8 Å². The van der Waals surface area contributed by atoms with Gasteiger partial charge in [-0.05, 0) is 45.7 Å². The molecular formula is C16H23BrN6O2. The second kappa shape index (κ2) is 5.98. The van der Waals surface area contributed by atoms with Crippen LogP contribution in [0.4, 0.5) is 11.4 Å². The first-order chi connectivity index (χ1) is 11.3. The predicted molar refractivity (Wildman–Crippen MR) is 103 cm³/mol. The third-order valence-corrected chi connectivity index (χ3v) is 5.29. The van der Waals surface area contributed by atoms with Crippen LogP contribution in [0.5, 0.6) is 0 Å². The first-order valence-corrected chi connectivity index (χ1v) is 8.54. The lowest BCUT2D eigenvalue weighted by Crippen LogP contribution is -2.26. The molecule has 0 bridgehead atoms. The number of nitro groups is 1. The molecule has 0 aromatic heterocycles. The summed E-state index contributed by atoms with van der Waals surface area (Å²) in [6.45, 7) is 9.84. The molecule has 0 fully saturated rings. The van der Waals surface area contributed by atoms with Crippen molar-refractivity contribution in [2.75, 3.05) is 0 Å². The second-order valence-corrected chi connectivity index (χ2v) is 8.39. The summed E-state index contributed by atoms with van der Waals surface area (Å²) in [5, 5.41) is 11.9. The van der Waals surface area contributed by atoms with Crippen LogP contribution in [0, 0.1) is 17.0 Å². The van der Waals surface area contributed by atoms with Gasteiger partial charge < -0.3 is 17.2 Å². The van der Waals surface area contributed by atoms with Crippen molar-refractivity contribution in [2.45, 2.75) is 51.9 Å². The Balaban J connectivity index is 2.94. The average Bonchev–Trinajstić information content (AvgIpc) is 2.58. The molecule has 25 heavy (non-hydrogen) atoms. The van der Waals surface area contributed by atoms with Crippen molar-refractivity contribution in [3.8, 4) is 0 Å². The molecule has 0 saturated heterocycles. The van der Waals surface area contributed by atoms with Gasteiger partial charge in [-0.3, -0.25) is 10.1 Å². The van der Waals surface area contributed by atoms with Gasteiger partial charge in [-0.1, -0.05) is 27.7 Å². The Bertz CT molecular complexity index is 823. The number of nitro benzene ring substituents is 1. The zero-order valence-electron chi connectivity index (χ0n) is 15.0. The van der Waals surface area contributed by atoms with E-state index in [1.165, 1.54) is 0 Å². The number of halogens is 1. The molecule has 0 amide bonds. The number of aliphatic imine (C=N–C) groups is 2. The Morgan fingerprint density at radius 3 is 2.16 bits per heavy atom. The summed E-state index contributed by atoms with van der Waals surface area (Å²) >= 11 is 3.59. The first-order valence-electron chi connectivity index (χ1n) is 7.75. The van der Waals surface area contributed by atoms with E-state index in [9.17, 15) is 10.1 Å². The molecule has 0 saturated carbocycles. The van der Waals surface area contributed by atoms with E-state index in [0.29, 0.717) is 15.7 Å². The van der Waals surface area contributed by atoms with Gasteiger partial charge in [-0.25, -0.2) is 4.99 Å². The van der Waals surface area contributed by atoms with Crippen molar-refractivity contribution in [3.63, 3.8) is 0 Å². The molecule has 1 aromatic rings. The summed E-state index contributed by atoms with van der Waals surface area (Å²) in [6, 6.07) is 0. The van der Waals surface area contributed by atoms with Gasteiger partial charge in [0, 0.05) is 10.0 Å². The fourth-order valence-electron chi connectivity index (χ4n) is 4.02. The highest BCUT2D eigenvalue weighted by Crippen LogP contribution is 2.58. The second-order valence-electron chi connectivity index (χ2n) is 7.59. The normalized spacial score (nSPS) is 17.9. The molecule has 8 nitrogen and oxygen atoms in total. The summed E-state index contributed by atoms with van der Waals surface area (Å²) in [4.78, 5) is 19.4. The molecular weight excluding hydrogens is 388 g/mol. The molecule has 0 spiro atoms. The van der Waals surface area contributed by atoms with Crippen LogP contribution in [-0.4, -0.2) is 16.8 Å². The number of fused-ring (bicyclic) bond motifs is 1. The van der Waals surface area contributed by atoms with Crippen molar-refractivity contribution < 1.29 is 4.92 Å². The van der Waals surface area contributed by atoms with Crippen molar-refractivity contribution in [1.29, 1.82) is 0 Å². The summed E-state index contributed by atoms with van der Waals surface area (Å²) in [7, 11) is 0. The van der Waals surface area contributed by atoms with Gasteiger partial charge in [0.25, 0.3) is 5.69 Å². The van der Waals surface area contributed by atoms with Crippen LogP contribution in [0.2, 0.25) is 0 Å². The van der Waals surface area contributed by atoms with Gasteiger partial charge in [-0.15, -0.1) is 0 Å². The number of nitrogens with zero attached hydrogens (tertiary/aromatic N) is 3. The van der Waals surface area contributed by atoms with Crippen molar-refractivity contribution in [3.05, 3.63) is 31.3 Å². The van der Waals surface area contributed by atoms with E-state index in [1.54, 1.807) is 6.92 Å². The van der Waals surface area contributed by atoms with Crippen LogP contribution >= 0.6 is 15.9 Å². The van der Waals surface area contributed by atoms with Crippen LogP contribution in [0.1, 0.15) is 50.8 Å². The average molecular weight is 411 g/mol. The summed E-state index contributed by atoms with van der Waals surface area (Å²) in [6.07, 6.45) is 0.783. The van der Waals surface area contributed by atoms with E-state index >= 15 is 0 Å². The minimum atomic E-state index is -0.348. The zero-order valence-corrected chi connectivity index (χ0v) is 16.6. The molecule has 0 atom stereocenters. The largest absolute Gasteiger partial charge is 0.370 e. The molecule has 0 unspecified atom stereocenters. The Hall–Kier alpha value is -2.16. The van der Waals surface area contributed by atoms with Crippen molar-refractivity contribution in [1.82, 2.24) is 0 Å². The summed E-state index contributed by atoms with van der Waals surface area (Å²) in [5.41, 5.74) is 18.3. The number of nitrogens with two attached hydrogens (primary N) is 3. The molecule has 0 aliphatic heterocycles. The Morgan fingerprint density at radius 1 is 1.16 bits per heavy atom. The predicted octanol–water partition coefficient (Wildman–Crippen LogP) is 2.84. The standard InChI is InChI=1S/C16H23BrN6O2/c1-7-11(21-14(20)22-13(18)19)10(17)8-9(12(7)23(24)25)16(4,5)6-15(8,2)3/h6H2,1-5H3,(H6,18,19,20,21,22). The number of rotatable bonds is 2. The van der Waals surface area contributed by atoms with Gasteiger partial charge in [-0.2, -0.15) is 4.99 Å². The number of benzene rings is 1. The highest BCUT2D eigenvalue weighted by Gasteiger charge is 2.49. The molecule has 6 N–H and O–H groups in total. The van der Waals surface area contributed by atoms with Gasteiger partial charge >= 0.3 is 0 Å². The highest BCUT2D eigenvalue weighted by molar-refractivity contribution is 9.10. The molecule has 1 aliphatic carbocycles. The van der Waals surface area contributed by atoms with Crippen LogP contribution in [0.3, 0.4) is 0 Å². The minimum absolute atomic E-state index is 0.0741. The highest BCUT2D eigenvalue weighted by atomic mass is 79.9. The fourth-order valence-corrected chi connectivity index (χ4v) is 5.14. The minimum Gasteiger partial charge on any atom is -0.370 e. The lowest BCUT2D eigenvalue weighted by molar-refractivity contribution is -0.386. The number of guanidine groups is 2. The third-order valence-electron chi connectivity index (χ3n) is 4.51. The third kappa shape index (κ3) is 3.20. The SMILES string of the molecule is Cc1c(N=C(N)N=C(N)N)c(Br)c2c(c1[N+](=O)[O-])C(C)(C)CC2(C)C. The lowest BCUT2D eigenvalue weighted by Gasteiger charge is -2.22. The molecule has 1 aromatic carbocycles. The van der Waals surface area contributed by atoms with E-state index in [4.69, 9.17) is 17.2 Å². The van der Waals surface area contributed by atoms with Gasteiger partial charge in [0.15, 0.2) is 5.96 Å². The molecule has 0 radical (unpaired) electrons. The zero-order chi connectivity index (χ0) is 19.3. The van der Waals surface area contributed by atoms with Gasteiger partial charge in [0.2, 0.25) is 5.96 Å². The van der Waals surface area contributed by atoms with Crippen molar-refractivity contribution in [2.24, 2.45) is 27.2 Å². The van der Waals surface area contributed by atoms with Gasteiger partial charge in [0.05, 0.1) is 16.2 Å². The molecule has 0 heterocycles. The number of hydrogen-bond donors (Lipinski definition) is 3. The quantitative estimate of drug-likeness (QED) is 0.296. The molecule has 136 valence electrons. The Labute approximate surface area is 154 Å². The topological polar surface area (TPSA) is 146 Å². The van der Waals surface area contributed by atoms with Crippen LogP contribution < -0.4 is 17.2 Å². The molecule has 1 aliphatic rings. The van der Waals surface area contributed by atoms with E-state index in [1.807, 2.05) is 13.8 Å². The Morgan fingerprint density at radius 2 is 1.68 bits per heavy atom. The van der Waals surface area contributed by atoms with E-state index in [-0.39, 0.29) is 33.4 Å². The molecule has 9 heteroatoms. The Kier molecular flexibility index (Phi) is 4.58. The maximum absolute atomic E-state index is 11.9. The fraction of sp³-hybridized carbons (Fsp3) is 0.500. The van der Waals surface area contributed by atoms with E-state index < -0.39 is 0 Å². The first kappa shape index (κ1) is 19.2.